The van der Waals surface area contributed by atoms with Crippen LogP contribution in [0.5, 0.6) is 17.2 Å². The van der Waals surface area contributed by atoms with Gasteiger partial charge < -0.3 is 14.6 Å². The number of phenolic OH excluding ortho intramolecular Hbond substituents is 1. The zero-order valence-electron chi connectivity index (χ0n) is 20.9. The third-order valence-corrected chi connectivity index (χ3v) is 6.09. The summed E-state index contributed by atoms with van der Waals surface area (Å²) in [5.41, 5.74) is 3.19. The molecule has 0 spiro atoms. The summed E-state index contributed by atoms with van der Waals surface area (Å²) in [6.45, 7) is 8.63. The monoisotopic (exact) mass is 505 g/mol. The van der Waals surface area contributed by atoms with E-state index in [4.69, 9.17) is 26.1 Å². The average Bonchev–Trinajstić information content (AvgIpc) is 2.85. The molecular formula is C28H28ClN3O4. The van der Waals surface area contributed by atoms with Crippen molar-refractivity contribution in [1.82, 2.24) is 9.66 Å². The number of aromatic nitrogens is 2. The number of benzene rings is 3. The fourth-order valence-corrected chi connectivity index (χ4v) is 4.26. The van der Waals surface area contributed by atoms with E-state index in [1.165, 1.54) is 24.1 Å². The first kappa shape index (κ1) is 25.3. The number of nitrogens with zero attached hydrogens (tertiary/aromatic N) is 3. The molecule has 1 N–H and O–H groups in total. The predicted molar refractivity (Wildman–Crippen MR) is 144 cm³/mol. The van der Waals surface area contributed by atoms with Gasteiger partial charge in [0.15, 0.2) is 17.3 Å². The molecule has 0 amide bonds. The van der Waals surface area contributed by atoms with Crippen molar-refractivity contribution in [3.05, 3.63) is 80.6 Å². The van der Waals surface area contributed by atoms with Crippen LogP contribution in [0.3, 0.4) is 0 Å². The second-order valence-electron chi connectivity index (χ2n) is 8.65. The Balaban J connectivity index is 1.99. The number of hydrogen-bond acceptors (Lipinski definition) is 6. The van der Waals surface area contributed by atoms with E-state index < -0.39 is 0 Å². The highest BCUT2D eigenvalue weighted by atomic mass is 35.5. The van der Waals surface area contributed by atoms with Gasteiger partial charge in [-0.2, -0.15) is 9.78 Å². The van der Waals surface area contributed by atoms with Crippen molar-refractivity contribution < 1.29 is 14.6 Å². The van der Waals surface area contributed by atoms with Gasteiger partial charge in [0.2, 0.25) is 0 Å². The topological polar surface area (TPSA) is 85.9 Å². The van der Waals surface area contributed by atoms with E-state index in [1.807, 2.05) is 32.0 Å². The molecule has 0 radical (unpaired) electrons. The minimum Gasteiger partial charge on any atom is -0.504 e. The molecule has 7 nitrogen and oxygen atoms in total. The van der Waals surface area contributed by atoms with Gasteiger partial charge in [-0.3, -0.25) is 4.79 Å². The molecule has 0 saturated carbocycles. The standard InChI is InChI=1S/C28H28ClN3O4/c1-6-36-24-11-17(4)22(14-21(24)16(2)3)27-31-23-10-8-7-9-20(23)28(34)32(27)30-15-18-12-19(29)13-25(35-5)26(18)33/h7-16,33H,6H2,1-5H3. The van der Waals surface area contributed by atoms with Gasteiger partial charge in [-0.05, 0) is 61.2 Å². The highest BCUT2D eigenvalue weighted by Crippen LogP contribution is 2.35. The minimum atomic E-state index is -0.334. The van der Waals surface area contributed by atoms with Crippen LogP contribution in [0.2, 0.25) is 5.02 Å². The zero-order valence-corrected chi connectivity index (χ0v) is 21.6. The lowest BCUT2D eigenvalue weighted by Gasteiger charge is -2.18. The van der Waals surface area contributed by atoms with E-state index >= 15 is 0 Å². The van der Waals surface area contributed by atoms with Crippen molar-refractivity contribution >= 4 is 28.7 Å². The fourth-order valence-electron chi connectivity index (χ4n) is 4.04. The lowest BCUT2D eigenvalue weighted by molar-refractivity contribution is 0.335. The molecule has 0 fully saturated rings. The van der Waals surface area contributed by atoms with E-state index in [2.05, 4.69) is 18.9 Å². The summed E-state index contributed by atoms with van der Waals surface area (Å²) in [5.74, 6) is 1.45. The van der Waals surface area contributed by atoms with Crippen LogP contribution in [0.15, 0.2) is 58.4 Å². The van der Waals surface area contributed by atoms with Gasteiger partial charge in [0.1, 0.15) is 5.75 Å². The number of para-hydroxylation sites is 1. The molecule has 0 aliphatic heterocycles. The predicted octanol–water partition coefficient (Wildman–Crippen LogP) is 6.14. The van der Waals surface area contributed by atoms with Gasteiger partial charge in [0, 0.05) is 22.2 Å². The number of ether oxygens (including phenoxy) is 2. The number of fused-ring (bicyclic) bond motifs is 1. The first-order chi connectivity index (χ1) is 17.2. The summed E-state index contributed by atoms with van der Waals surface area (Å²) >= 11 is 6.18. The van der Waals surface area contributed by atoms with Crippen molar-refractivity contribution in [1.29, 1.82) is 0 Å². The number of phenols is 1. The summed E-state index contributed by atoms with van der Waals surface area (Å²) in [7, 11) is 1.43. The third-order valence-electron chi connectivity index (χ3n) is 5.87. The second-order valence-corrected chi connectivity index (χ2v) is 9.09. The number of methoxy groups -OCH3 is 1. The van der Waals surface area contributed by atoms with Crippen molar-refractivity contribution in [2.24, 2.45) is 5.10 Å². The van der Waals surface area contributed by atoms with Crippen molar-refractivity contribution in [3.8, 4) is 28.6 Å². The van der Waals surface area contributed by atoms with Crippen LogP contribution in [-0.4, -0.2) is 34.7 Å². The highest BCUT2D eigenvalue weighted by Gasteiger charge is 2.19. The Morgan fingerprint density at radius 1 is 1.17 bits per heavy atom. The minimum absolute atomic E-state index is 0.131. The Morgan fingerprint density at radius 3 is 2.61 bits per heavy atom. The van der Waals surface area contributed by atoms with Gasteiger partial charge in [-0.15, -0.1) is 0 Å². The molecule has 0 unspecified atom stereocenters. The van der Waals surface area contributed by atoms with Crippen molar-refractivity contribution in [3.63, 3.8) is 0 Å². The molecule has 0 aliphatic carbocycles. The van der Waals surface area contributed by atoms with E-state index in [0.717, 1.165) is 22.4 Å². The molecule has 4 rings (SSSR count). The van der Waals surface area contributed by atoms with E-state index in [1.54, 1.807) is 24.3 Å². The summed E-state index contributed by atoms with van der Waals surface area (Å²) in [6, 6.07) is 14.2. The number of aryl methyl sites for hydroxylation is 1. The van der Waals surface area contributed by atoms with E-state index in [9.17, 15) is 9.90 Å². The molecule has 0 aliphatic rings. The van der Waals surface area contributed by atoms with Crippen LogP contribution in [0, 0.1) is 6.92 Å². The summed E-state index contributed by atoms with van der Waals surface area (Å²) < 4.78 is 12.3. The molecule has 8 heteroatoms. The lowest BCUT2D eigenvalue weighted by Crippen LogP contribution is -2.21. The van der Waals surface area contributed by atoms with E-state index in [-0.39, 0.29) is 23.0 Å². The van der Waals surface area contributed by atoms with Crippen LogP contribution >= 0.6 is 11.6 Å². The molecule has 1 aromatic heterocycles. The van der Waals surface area contributed by atoms with Gasteiger partial charge in [-0.25, -0.2) is 4.98 Å². The molecule has 4 aromatic rings. The number of hydrogen-bond donors (Lipinski definition) is 1. The number of halogens is 1. The van der Waals surface area contributed by atoms with Gasteiger partial charge in [0.05, 0.1) is 30.8 Å². The Bertz CT molecular complexity index is 1530. The maximum absolute atomic E-state index is 13.6. The maximum Gasteiger partial charge on any atom is 0.282 e. The highest BCUT2D eigenvalue weighted by molar-refractivity contribution is 6.31. The van der Waals surface area contributed by atoms with Crippen LogP contribution in [0.25, 0.3) is 22.3 Å². The van der Waals surface area contributed by atoms with Crippen LogP contribution in [0.1, 0.15) is 43.4 Å². The number of rotatable bonds is 7. The van der Waals surface area contributed by atoms with Gasteiger partial charge in [-0.1, -0.05) is 37.6 Å². The molecule has 0 bridgehead atoms. The van der Waals surface area contributed by atoms with Crippen LogP contribution in [0.4, 0.5) is 0 Å². The SMILES string of the molecule is CCOc1cc(C)c(-c2nc3ccccc3c(=O)n2N=Cc2cc(Cl)cc(OC)c2O)cc1C(C)C. The summed E-state index contributed by atoms with van der Waals surface area (Å²) in [5, 5.41) is 15.8. The first-order valence-corrected chi connectivity index (χ1v) is 12.0. The molecule has 186 valence electrons. The molecular weight excluding hydrogens is 478 g/mol. The van der Waals surface area contributed by atoms with E-state index in [0.29, 0.717) is 33.9 Å². The average molecular weight is 506 g/mol. The smallest absolute Gasteiger partial charge is 0.282 e. The maximum atomic E-state index is 13.6. The first-order valence-electron chi connectivity index (χ1n) is 11.7. The summed E-state index contributed by atoms with van der Waals surface area (Å²) in [4.78, 5) is 18.4. The van der Waals surface area contributed by atoms with Gasteiger partial charge >= 0.3 is 0 Å². The number of aromatic hydroxyl groups is 1. The third kappa shape index (κ3) is 4.79. The fraction of sp³-hybridized carbons (Fsp3) is 0.250. The van der Waals surface area contributed by atoms with Crippen molar-refractivity contribution in [2.45, 2.75) is 33.6 Å². The van der Waals surface area contributed by atoms with Gasteiger partial charge in [0.25, 0.3) is 5.56 Å². The van der Waals surface area contributed by atoms with Crippen molar-refractivity contribution in [2.75, 3.05) is 13.7 Å². The summed E-state index contributed by atoms with van der Waals surface area (Å²) in [6.07, 6.45) is 1.37. The normalized spacial score (nSPS) is 11.5. The molecule has 1 heterocycles. The molecule has 0 atom stereocenters. The molecule has 3 aromatic carbocycles. The quantitative estimate of drug-likeness (QED) is 0.305. The Labute approximate surface area is 214 Å². The molecule has 0 saturated heterocycles. The molecule has 36 heavy (non-hydrogen) atoms. The lowest BCUT2D eigenvalue weighted by atomic mass is 9.96. The Hall–Kier alpha value is -3.84. The zero-order chi connectivity index (χ0) is 26.0. The Kier molecular flexibility index (Phi) is 7.31. The van der Waals surface area contributed by atoms with Crippen LogP contribution in [-0.2, 0) is 0 Å². The largest absolute Gasteiger partial charge is 0.504 e. The van der Waals surface area contributed by atoms with Crippen LogP contribution < -0.4 is 15.0 Å². The Morgan fingerprint density at radius 2 is 1.92 bits per heavy atom. The second kappa shape index (κ2) is 10.4.